The Morgan fingerprint density at radius 2 is 1.82 bits per heavy atom. The molecule has 0 amide bonds. The maximum Gasteiger partial charge on any atom is 0.127 e. The summed E-state index contributed by atoms with van der Waals surface area (Å²) in [6.07, 6.45) is 4.12. The Hall–Kier alpha value is -1.10. The van der Waals surface area contributed by atoms with Gasteiger partial charge in [0.25, 0.3) is 0 Å². The number of benzene rings is 1. The van der Waals surface area contributed by atoms with Crippen LogP contribution in [-0.2, 0) is 9.47 Å². The van der Waals surface area contributed by atoms with Crippen molar-refractivity contribution in [1.82, 2.24) is 4.90 Å². The Kier molecular flexibility index (Phi) is 7.71. The van der Waals surface area contributed by atoms with Gasteiger partial charge in [-0.2, -0.15) is 0 Å². The molecule has 22 heavy (non-hydrogen) atoms. The Bertz CT molecular complexity index is 393. The standard InChI is InChI=1S/C18H30N2O2/c1-17(22-16-15-21-2)20(18-9-5-3-6-10-18)14-13-19-11-7-4-8-12-19/h3,5-6,9-10,17H,4,7-8,11-16H2,1-2H3/t17-/m1/s1. The van der Waals surface area contributed by atoms with Gasteiger partial charge < -0.3 is 19.3 Å². The first kappa shape index (κ1) is 17.3. The summed E-state index contributed by atoms with van der Waals surface area (Å²) < 4.78 is 11.0. The first-order chi connectivity index (χ1) is 10.8. The van der Waals surface area contributed by atoms with E-state index in [0.29, 0.717) is 13.2 Å². The molecule has 1 aromatic rings. The molecule has 0 spiro atoms. The fourth-order valence-corrected chi connectivity index (χ4v) is 2.96. The minimum atomic E-state index is 0.0577. The van der Waals surface area contributed by atoms with Gasteiger partial charge in [-0.15, -0.1) is 0 Å². The van der Waals surface area contributed by atoms with Crippen molar-refractivity contribution in [2.75, 3.05) is 51.4 Å². The highest BCUT2D eigenvalue weighted by molar-refractivity contribution is 5.46. The van der Waals surface area contributed by atoms with Crippen LogP contribution < -0.4 is 4.90 Å². The molecule has 0 radical (unpaired) electrons. The Balaban J connectivity index is 1.91. The van der Waals surface area contributed by atoms with Gasteiger partial charge in [0.1, 0.15) is 6.23 Å². The number of piperidine rings is 1. The van der Waals surface area contributed by atoms with Crippen LogP contribution in [0.4, 0.5) is 5.69 Å². The molecule has 0 saturated carbocycles. The Morgan fingerprint density at radius 3 is 2.50 bits per heavy atom. The van der Waals surface area contributed by atoms with Crippen LogP contribution in [0, 0.1) is 0 Å². The van der Waals surface area contributed by atoms with E-state index in [1.165, 1.54) is 38.0 Å². The summed E-state index contributed by atoms with van der Waals surface area (Å²) in [4.78, 5) is 4.92. The number of likely N-dealkylation sites (tertiary alicyclic amines) is 1. The molecule has 1 aliphatic heterocycles. The lowest BCUT2D eigenvalue weighted by atomic mass is 10.1. The summed E-state index contributed by atoms with van der Waals surface area (Å²) >= 11 is 0. The van der Waals surface area contributed by atoms with Crippen LogP contribution in [0.15, 0.2) is 30.3 Å². The third kappa shape index (κ3) is 5.59. The lowest BCUT2D eigenvalue weighted by Gasteiger charge is -2.34. The fourth-order valence-electron chi connectivity index (χ4n) is 2.96. The number of rotatable bonds is 9. The molecule has 1 aliphatic rings. The van der Waals surface area contributed by atoms with Gasteiger partial charge in [0, 0.05) is 25.9 Å². The zero-order valence-electron chi connectivity index (χ0n) is 14.0. The van der Waals surface area contributed by atoms with E-state index in [2.05, 4.69) is 47.1 Å². The number of hydrogen-bond acceptors (Lipinski definition) is 4. The van der Waals surface area contributed by atoms with Crippen molar-refractivity contribution in [3.63, 3.8) is 0 Å². The van der Waals surface area contributed by atoms with Gasteiger partial charge in [0.2, 0.25) is 0 Å². The molecule has 1 saturated heterocycles. The minimum absolute atomic E-state index is 0.0577. The Morgan fingerprint density at radius 1 is 1.09 bits per heavy atom. The molecule has 1 heterocycles. The van der Waals surface area contributed by atoms with E-state index in [-0.39, 0.29) is 6.23 Å². The molecule has 1 atom stereocenters. The number of ether oxygens (including phenoxy) is 2. The van der Waals surface area contributed by atoms with Crippen molar-refractivity contribution < 1.29 is 9.47 Å². The largest absolute Gasteiger partial charge is 0.382 e. The molecule has 0 bridgehead atoms. The van der Waals surface area contributed by atoms with E-state index < -0.39 is 0 Å². The number of hydrogen-bond donors (Lipinski definition) is 0. The topological polar surface area (TPSA) is 24.9 Å². The molecule has 4 nitrogen and oxygen atoms in total. The first-order valence-corrected chi connectivity index (χ1v) is 8.46. The highest BCUT2D eigenvalue weighted by atomic mass is 16.5. The van der Waals surface area contributed by atoms with E-state index in [4.69, 9.17) is 9.47 Å². The predicted molar refractivity (Wildman–Crippen MR) is 91.4 cm³/mol. The smallest absolute Gasteiger partial charge is 0.127 e. The summed E-state index contributed by atoms with van der Waals surface area (Å²) in [5, 5.41) is 0. The van der Waals surface area contributed by atoms with Gasteiger partial charge in [0.15, 0.2) is 0 Å². The van der Waals surface area contributed by atoms with Gasteiger partial charge in [0.05, 0.1) is 13.2 Å². The average molecular weight is 306 g/mol. The zero-order chi connectivity index (χ0) is 15.6. The number of methoxy groups -OCH3 is 1. The normalized spacial score (nSPS) is 17.4. The second-order valence-electron chi connectivity index (χ2n) is 5.89. The molecular weight excluding hydrogens is 276 g/mol. The van der Waals surface area contributed by atoms with Crippen molar-refractivity contribution in [3.05, 3.63) is 30.3 Å². The third-order valence-electron chi connectivity index (χ3n) is 4.28. The van der Waals surface area contributed by atoms with Crippen LogP contribution in [0.1, 0.15) is 26.2 Å². The lowest BCUT2D eigenvalue weighted by molar-refractivity contribution is 0.0238. The second kappa shape index (κ2) is 9.82. The molecule has 0 unspecified atom stereocenters. The molecule has 0 N–H and O–H groups in total. The second-order valence-corrected chi connectivity index (χ2v) is 5.89. The summed E-state index contributed by atoms with van der Waals surface area (Å²) in [5.74, 6) is 0. The van der Waals surface area contributed by atoms with Gasteiger partial charge in [-0.1, -0.05) is 24.6 Å². The zero-order valence-corrected chi connectivity index (χ0v) is 14.0. The molecule has 1 aromatic carbocycles. The van der Waals surface area contributed by atoms with E-state index in [1.54, 1.807) is 7.11 Å². The first-order valence-electron chi connectivity index (χ1n) is 8.46. The number of nitrogens with zero attached hydrogens (tertiary/aromatic N) is 2. The molecule has 0 aliphatic carbocycles. The molecule has 1 fully saturated rings. The lowest BCUT2D eigenvalue weighted by Crippen LogP contribution is -2.43. The van der Waals surface area contributed by atoms with Crippen LogP contribution in [0.25, 0.3) is 0 Å². The van der Waals surface area contributed by atoms with Crippen LogP contribution >= 0.6 is 0 Å². The van der Waals surface area contributed by atoms with Crippen molar-refractivity contribution in [3.8, 4) is 0 Å². The van der Waals surface area contributed by atoms with E-state index in [1.807, 2.05) is 0 Å². The van der Waals surface area contributed by atoms with E-state index in [9.17, 15) is 0 Å². The number of anilines is 1. The summed E-state index contributed by atoms with van der Waals surface area (Å²) in [7, 11) is 1.71. The highest BCUT2D eigenvalue weighted by Gasteiger charge is 2.17. The van der Waals surface area contributed by atoms with Gasteiger partial charge >= 0.3 is 0 Å². The minimum Gasteiger partial charge on any atom is -0.382 e. The van der Waals surface area contributed by atoms with E-state index >= 15 is 0 Å². The molecule has 0 aromatic heterocycles. The van der Waals surface area contributed by atoms with Crippen molar-refractivity contribution in [2.24, 2.45) is 0 Å². The maximum atomic E-state index is 5.92. The monoisotopic (exact) mass is 306 g/mol. The Labute approximate surface area is 135 Å². The third-order valence-corrected chi connectivity index (χ3v) is 4.28. The molecule has 124 valence electrons. The molecule has 4 heteroatoms. The number of para-hydroxylation sites is 1. The average Bonchev–Trinajstić information content (AvgIpc) is 2.57. The predicted octanol–water partition coefficient (Wildman–Crippen LogP) is 2.99. The summed E-state index contributed by atoms with van der Waals surface area (Å²) in [6, 6.07) is 10.6. The maximum absolute atomic E-state index is 5.92. The van der Waals surface area contributed by atoms with E-state index in [0.717, 1.165) is 13.1 Å². The van der Waals surface area contributed by atoms with Crippen LogP contribution in [0.2, 0.25) is 0 Å². The molecular formula is C18H30N2O2. The van der Waals surface area contributed by atoms with Crippen molar-refractivity contribution >= 4 is 5.69 Å². The molecule has 2 rings (SSSR count). The van der Waals surface area contributed by atoms with Crippen molar-refractivity contribution in [1.29, 1.82) is 0 Å². The highest BCUT2D eigenvalue weighted by Crippen LogP contribution is 2.18. The SMILES string of the molecule is COCCO[C@H](C)N(CCN1CCCCC1)c1ccccc1. The van der Waals surface area contributed by atoms with Gasteiger partial charge in [-0.25, -0.2) is 0 Å². The quantitative estimate of drug-likeness (QED) is 0.517. The van der Waals surface area contributed by atoms with Crippen LogP contribution in [0.3, 0.4) is 0 Å². The fraction of sp³-hybridized carbons (Fsp3) is 0.667. The van der Waals surface area contributed by atoms with Crippen molar-refractivity contribution in [2.45, 2.75) is 32.4 Å². The van der Waals surface area contributed by atoms with Crippen LogP contribution in [0.5, 0.6) is 0 Å². The van der Waals surface area contributed by atoms with Gasteiger partial charge in [-0.3, -0.25) is 0 Å². The summed E-state index contributed by atoms with van der Waals surface area (Å²) in [6.45, 7) is 7.97. The summed E-state index contributed by atoms with van der Waals surface area (Å²) in [5.41, 5.74) is 1.23. The van der Waals surface area contributed by atoms with Crippen LogP contribution in [-0.4, -0.2) is 57.6 Å². The van der Waals surface area contributed by atoms with Gasteiger partial charge in [-0.05, 0) is 45.0 Å².